The van der Waals surface area contributed by atoms with Gasteiger partial charge in [-0.25, -0.2) is 0 Å². The molecule has 1 fully saturated rings. The number of hydrogen-bond acceptors (Lipinski definition) is 2. The van der Waals surface area contributed by atoms with Crippen molar-refractivity contribution in [2.75, 3.05) is 5.75 Å². The molecule has 3 rings (SSSR count). The Morgan fingerprint density at radius 2 is 2.17 bits per heavy atom. The quantitative estimate of drug-likeness (QED) is 0.846. The Balaban J connectivity index is 1.76. The maximum atomic E-state index is 6.14. The van der Waals surface area contributed by atoms with Crippen LogP contribution in [0.25, 0.3) is 0 Å². The molecule has 0 radical (unpaired) electrons. The zero-order valence-corrected chi connectivity index (χ0v) is 12.4. The molecule has 1 aromatic rings. The summed E-state index contributed by atoms with van der Waals surface area (Å²) in [6, 6.07) is 7.55. The first kappa shape index (κ1) is 12.8. The van der Waals surface area contributed by atoms with E-state index in [0.717, 1.165) is 10.9 Å². The molecule has 3 unspecified atom stereocenters. The second-order valence-corrected chi connectivity index (χ2v) is 7.23. The molecule has 1 aromatic carbocycles. The van der Waals surface area contributed by atoms with Crippen LogP contribution < -0.4 is 5.32 Å². The van der Waals surface area contributed by atoms with E-state index in [1.54, 1.807) is 0 Å². The molecule has 2 aliphatic rings. The summed E-state index contributed by atoms with van der Waals surface area (Å²) in [5.74, 6) is 2.11. The average molecular weight is 282 g/mol. The van der Waals surface area contributed by atoms with Crippen LogP contribution in [0.15, 0.2) is 23.1 Å². The SMILES string of the molecule is CC1CCC(NC2CCSc3ccc(Cl)cc32)C1. The van der Waals surface area contributed by atoms with Gasteiger partial charge in [-0.2, -0.15) is 0 Å². The number of benzene rings is 1. The Kier molecular flexibility index (Phi) is 3.88. The second kappa shape index (κ2) is 5.44. The summed E-state index contributed by atoms with van der Waals surface area (Å²) in [6.07, 6.45) is 5.27. The molecule has 0 spiro atoms. The third kappa shape index (κ3) is 2.71. The van der Waals surface area contributed by atoms with Gasteiger partial charge in [0.1, 0.15) is 0 Å². The fourth-order valence-corrected chi connectivity index (χ4v) is 4.47. The first-order valence-electron chi connectivity index (χ1n) is 6.90. The molecule has 3 atom stereocenters. The monoisotopic (exact) mass is 281 g/mol. The summed E-state index contributed by atoms with van der Waals surface area (Å²) in [5, 5.41) is 4.72. The fraction of sp³-hybridized carbons (Fsp3) is 0.600. The molecule has 0 amide bonds. The van der Waals surface area contributed by atoms with Gasteiger partial charge in [-0.1, -0.05) is 18.5 Å². The summed E-state index contributed by atoms with van der Waals surface area (Å²) >= 11 is 8.11. The standard InChI is InChI=1S/C15H20ClNS/c1-10-2-4-12(8-10)17-14-6-7-18-15-5-3-11(16)9-13(14)15/h3,5,9-10,12,14,17H,2,4,6-8H2,1H3. The van der Waals surface area contributed by atoms with Gasteiger partial charge in [0.05, 0.1) is 0 Å². The molecule has 0 bridgehead atoms. The molecular formula is C15H20ClNS. The number of rotatable bonds is 2. The topological polar surface area (TPSA) is 12.0 Å². The van der Waals surface area contributed by atoms with E-state index in [1.807, 2.05) is 17.8 Å². The highest BCUT2D eigenvalue weighted by atomic mass is 35.5. The van der Waals surface area contributed by atoms with Crippen LogP contribution in [0.4, 0.5) is 0 Å². The number of fused-ring (bicyclic) bond motifs is 1. The molecule has 98 valence electrons. The lowest BCUT2D eigenvalue weighted by Gasteiger charge is -2.29. The van der Waals surface area contributed by atoms with E-state index >= 15 is 0 Å². The van der Waals surface area contributed by atoms with Crippen LogP contribution >= 0.6 is 23.4 Å². The first-order chi connectivity index (χ1) is 8.72. The predicted molar refractivity (Wildman–Crippen MR) is 79.5 cm³/mol. The molecule has 3 heteroatoms. The lowest BCUT2D eigenvalue weighted by atomic mass is 10.0. The Bertz CT molecular complexity index is 435. The van der Waals surface area contributed by atoms with Crippen molar-refractivity contribution in [3.8, 4) is 0 Å². The summed E-state index contributed by atoms with van der Waals surface area (Å²) in [5.41, 5.74) is 1.42. The van der Waals surface area contributed by atoms with Gasteiger partial charge in [0.15, 0.2) is 0 Å². The predicted octanol–water partition coefficient (Wildman–Crippen LogP) is 4.66. The van der Waals surface area contributed by atoms with Crippen LogP contribution in [-0.2, 0) is 0 Å². The maximum Gasteiger partial charge on any atom is 0.0410 e. The van der Waals surface area contributed by atoms with Gasteiger partial charge in [0.25, 0.3) is 0 Å². The van der Waals surface area contributed by atoms with Crippen molar-refractivity contribution >= 4 is 23.4 Å². The Labute approximate surface area is 119 Å². The Hall–Kier alpha value is -0.180. The number of halogens is 1. The minimum atomic E-state index is 0.509. The molecule has 1 saturated carbocycles. The van der Waals surface area contributed by atoms with Gasteiger partial charge in [-0.05, 0) is 61.1 Å². The lowest BCUT2D eigenvalue weighted by Crippen LogP contribution is -2.32. The molecule has 18 heavy (non-hydrogen) atoms. The minimum Gasteiger partial charge on any atom is -0.307 e. The number of thioether (sulfide) groups is 1. The third-order valence-corrected chi connectivity index (χ3v) is 5.50. The molecule has 1 aliphatic heterocycles. The first-order valence-corrected chi connectivity index (χ1v) is 8.27. The fourth-order valence-electron chi connectivity index (χ4n) is 3.18. The van der Waals surface area contributed by atoms with Gasteiger partial charge in [0, 0.05) is 22.0 Å². The van der Waals surface area contributed by atoms with Crippen molar-refractivity contribution in [1.82, 2.24) is 5.32 Å². The maximum absolute atomic E-state index is 6.14. The lowest BCUT2D eigenvalue weighted by molar-refractivity contribution is 0.417. The number of nitrogens with one attached hydrogen (secondary N) is 1. The Morgan fingerprint density at radius 1 is 1.28 bits per heavy atom. The van der Waals surface area contributed by atoms with Crippen LogP contribution in [0.3, 0.4) is 0 Å². The summed E-state index contributed by atoms with van der Waals surface area (Å²) in [4.78, 5) is 1.41. The van der Waals surface area contributed by atoms with E-state index < -0.39 is 0 Å². The van der Waals surface area contributed by atoms with E-state index in [9.17, 15) is 0 Å². The average Bonchev–Trinajstić information content (AvgIpc) is 2.76. The summed E-state index contributed by atoms with van der Waals surface area (Å²) in [7, 11) is 0. The molecule has 1 heterocycles. The minimum absolute atomic E-state index is 0.509. The van der Waals surface area contributed by atoms with E-state index in [0.29, 0.717) is 12.1 Å². The van der Waals surface area contributed by atoms with Crippen LogP contribution in [-0.4, -0.2) is 11.8 Å². The van der Waals surface area contributed by atoms with Crippen LogP contribution in [0.5, 0.6) is 0 Å². The van der Waals surface area contributed by atoms with E-state index in [2.05, 4.69) is 24.4 Å². The number of hydrogen-bond donors (Lipinski definition) is 1. The largest absolute Gasteiger partial charge is 0.307 e. The highest BCUT2D eigenvalue weighted by Crippen LogP contribution is 2.38. The molecule has 1 N–H and O–H groups in total. The molecule has 1 aliphatic carbocycles. The van der Waals surface area contributed by atoms with E-state index in [1.165, 1.54) is 41.9 Å². The molecule has 1 nitrogen and oxygen atoms in total. The smallest absolute Gasteiger partial charge is 0.0410 e. The Morgan fingerprint density at radius 3 is 2.94 bits per heavy atom. The van der Waals surface area contributed by atoms with E-state index in [4.69, 9.17) is 11.6 Å². The summed E-state index contributed by atoms with van der Waals surface area (Å²) < 4.78 is 0. The van der Waals surface area contributed by atoms with Gasteiger partial charge in [-0.15, -0.1) is 11.8 Å². The van der Waals surface area contributed by atoms with Crippen LogP contribution in [0, 0.1) is 5.92 Å². The molecule has 0 saturated heterocycles. The van der Waals surface area contributed by atoms with Crippen molar-refractivity contribution in [2.45, 2.75) is 49.6 Å². The van der Waals surface area contributed by atoms with Crippen molar-refractivity contribution < 1.29 is 0 Å². The van der Waals surface area contributed by atoms with Crippen molar-refractivity contribution in [2.24, 2.45) is 5.92 Å². The van der Waals surface area contributed by atoms with Crippen molar-refractivity contribution in [1.29, 1.82) is 0 Å². The zero-order valence-electron chi connectivity index (χ0n) is 10.8. The van der Waals surface area contributed by atoms with Crippen LogP contribution in [0.1, 0.15) is 44.2 Å². The van der Waals surface area contributed by atoms with Crippen molar-refractivity contribution in [3.05, 3.63) is 28.8 Å². The van der Waals surface area contributed by atoms with Gasteiger partial charge >= 0.3 is 0 Å². The molecular weight excluding hydrogens is 262 g/mol. The second-order valence-electron chi connectivity index (χ2n) is 5.65. The van der Waals surface area contributed by atoms with Gasteiger partial charge in [0.2, 0.25) is 0 Å². The highest BCUT2D eigenvalue weighted by Gasteiger charge is 2.27. The van der Waals surface area contributed by atoms with Crippen molar-refractivity contribution in [3.63, 3.8) is 0 Å². The van der Waals surface area contributed by atoms with Gasteiger partial charge < -0.3 is 5.32 Å². The van der Waals surface area contributed by atoms with E-state index in [-0.39, 0.29) is 0 Å². The van der Waals surface area contributed by atoms with Gasteiger partial charge in [-0.3, -0.25) is 0 Å². The summed E-state index contributed by atoms with van der Waals surface area (Å²) in [6.45, 7) is 2.36. The zero-order chi connectivity index (χ0) is 12.5. The third-order valence-electron chi connectivity index (χ3n) is 4.14. The van der Waals surface area contributed by atoms with Crippen LogP contribution in [0.2, 0.25) is 5.02 Å². The highest BCUT2D eigenvalue weighted by molar-refractivity contribution is 7.99. The molecule has 0 aromatic heterocycles. The normalized spacial score (nSPS) is 31.3.